The molecule has 0 aliphatic rings. The Morgan fingerprint density at radius 3 is 2.52 bits per heavy atom. The minimum atomic E-state index is -1.07. The van der Waals surface area contributed by atoms with E-state index in [2.05, 4.69) is 5.32 Å². The number of hydrogen-bond acceptors (Lipinski definition) is 3. The molecular weight excluding hydrogens is 318 g/mol. The molecule has 1 atom stereocenters. The highest BCUT2D eigenvalue weighted by Gasteiger charge is 2.22. The van der Waals surface area contributed by atoms with Gasteiger partial charge in [-0.15, -0.1) is 0 Å². The quantitative estimate of drug-likeness (QED) is 0.811. The van der Waals surface area contributed by atoms with Crippen LogP contribution in [0.1, 0.15) is 34.7 Å². The summed E-state index contributed by atoms with van der Waals surface area (Å²) in [5.41, 5.74) is 3.62. The summed E-state index contributed by atoms with van der Waals surface area (Å²) in [6, 6.07) is 11.8. The number of carbonyl (C=O) groups is 2. The van der Waals surface area contributed by atoms with Crippen LogP contribution in [-0.2, 0) is 16.0 Å². The van der Waals surface area contributed by atoms with Crippen LogP contribution in [-0.4, -0.2) is 24.1 Å². The molecular formula is C20H23NO4. The molecule has 25 heavy (non-hydrogen) atoms. The predicted octanol–water partition coefficient (Wildman–Crippen LogP) is 3.19. The molecule has 0 aliphatic heterocycles. The number of benzene rings is 2. The van der Waals surface area contributed by atoms with Crippen LogP contribution in [0.2, 0.25) is 0 Å². The Bertz CT molecular complexity index is 770. The lowest BCUT2D eigenvalue weighted by molar-refractivity contribution is -0.142. The molecule has 0 radical (unpaired) electrons. The molecule has 5 nitrogen and oxygen atoms in total. The van der Waals surface area contributed by atoms with Crippen LogP contribution >= 0.6 is 0 Å². The van der Waals surface area contributed by atoms with Gasteiger partial charge in [0.2, 0.25) is 5.91 Å². The van der Waals surface area contributed by atoms with E-state index < -0.39 is 12.0 Å². The first-order valence-corrected chi connectivity index (χ1v) is 8.13. The molecule has 0 bridgehead atoms. The zero-order valence-corrected chi connectivity index (χ0v) is 14.7. The summed E-state index contributed by atoms with van der Waals surface area (Å²) in [5.74, 6) is -0.636. The second-order valence-electron chi connectivity index (χ2n) is 6.03. The van der Waals surface area contributed by atoms with E-state index in [1.807, 2.05) is 44.2 Å². The normalized spacial score (nSPS) is 11.6. The highest BCUT2D eigenvalue weighted by Crippen LogP contribution is 2.18. The molecule has 132 valence electrons. The number of aliphatic carboxylic acids is 1. The summed E-state index contributed by atoms with van der Waals surface area (Å²) in [6.45, 7) is 3.88. The fourth-order valence-electron chi connectivity index (χ4n) is 2.55. The van der Waals surface area contributed by atoms with E-state index in [0.717, 1.165) is 22.4 Å². The van der Waals surface area contributed by atoms with Gasteiger partial charge in [-0.05, 0) is 54.7 Å². The van der Waals surface area contributed by atoms with Crippen LogP contribution in [0, 0.1) is 13.8 Å². The van der Waals surface area contributed by atoms with Gasteiger partial charge in [-0.25, -0.2) is 4.79 Å². The Morgan fingerprint density at radius 1 is 1.12 bits per heavy atom. The summed E-state index contributed by atoms with van der Waals surface area (Å²) in [5, 5.41) is 12.1. The molecule has 0 saturated heterocycles. The number of aryl methyl sites for hydroxylation is 3. The largest absolute Gasteiger partial charge is 0.497 e. The average Bonchev–Trinajstić information content (AvgIpc) is 2.60. The van der Waals surface area contributed by atoms with Gasteiger partial charge in [0, 0.05) is 6.42 Å². The number of ether oxygens (including phenoxy) is 1. The maximum Gasteiger partial charge on any atom is 0.330 e. The lowest BCUT2D eigenvalue weighted by atomic mass is 10.0. The van der Waals surface area contributed by atoms with Crippen molar-refractivity contribution in [2.24, 2.45) is 0 Å². The number of carboxylic acid groups (broad SMARTS) is 1. The van der Waals surface area contributed by atoms with Gasteiger partial charge in [0.05, 0.1) is 7.11 Å². The molecule has 0 fully saturated rings. The molecule has 0 aromatic heterocycles. The van der Waals surface area contributed by atoms with E-state index >= 15 is 0 Å². The molecule has 0 aliphatic carbocycles. The fraction of sp³-hybridized carbons (Fsp3) is 0.300. The number of carboxylic acids is 1. The highest BCUT2D eigenvalue weighted by molar-refractivity contribution is 5.84. The Kier molecular flexibility index (Phi) is 6.17. The number of methoxy groups -OCH3 is 1. The van der Waals surface area contributed by atoms with E-state index in [1.54, 1.807) is 19.2 Å². The van der Waals surface area contributed by atoms with Crippen LogP contribution < -0.4 is 10.1 Å². The van der Waals surface area contributed by atoms with Crippen molar-refractivity contribution in [2.45, 2.75) is 32.7 Å². The number of carbonyl (C=O) groups excluding carboxylic acids is 1. The van der Waals surface area contributed by atoms with Gasteiger partial charge in [-0.1, -0.05) is 30.3 Å². The summed E-state index contributed by atoms with van der Waals surface area (Å²) >= 11 is 0. The molecule has 1 unspecified atom stereocenters. The monoisotopic (exact) mass is 341 g/mol. The van der Waals surface area contributed by atoms with Gasteiger partial charge in [0.1, 0.15) is 5.75 Å². The molecule has 1 amide bonds. The molecule has 2 N–H and O–H groups in total. The summed E-state index contributed by atoms with van der Waals surface area (Å²) in [4.78, 5) is 23.8. The zero-order valence-electron chi connectivity index (χ0n) is 14.7. The van der Waals surface area contributed by atoms with E-state index in [9.17, 15) is 14.7 Å². The lowest BCUT2D eigenvalue weighted by Gasteiger charge is -2.16. The Morgan fingerprint density at radius 2 is 1.88 bits per heavy atom. The minimum Gasteiger partial charge on any atom is -0.497 e. The van der Waals surface area contributed by atoms with Crippen molar-refractivity contribution in [1.29, 1.82) is 0 Å². The second-order valence-corrected chi connectivity index (χ2v) is 6.03. The van der Waals surface area contributed by atoms with Crippen LogP contribution in [0.15, 0.2) is 42.5 Å². The molecule has 0 saturated carbocycles. The molecule has 0 heterocycles. The van der Waals surface area contributed by atoms with Crippen LogP contribution in [0.4, 0.5) is 0 Å². The standard InChI is InChI=1S/C20H23NO4/c1-13-7-9-16(11-14(13)2)19(20(23)24)21-18(22)10-8-15-5-4-6-17(12-15)25-3/h4-7,9,11-12,19H,8,10H2,1-3H3,(H,21,22)(H,23,24). The minimum absolute atomic E-state index is 0.210. The van der Waals surface area contributed by atoms with Crippen LogP contribution in [0.5, 0.6) is 5.75 Å². The van der Waals surface area contributed by atoms with Gasteiger partial charge >= 0.3 is 5.97 Å². The SMILES string of the molecule is COc1cccc(CCC(=O)NC(C(=O)O)c2ccc(C)c(C)c2)c1. The first-order chi connectivity index (χ1) is 11.9. The zero-order chi connectivity index (χ0) is 18.4. The Hall–Kier alpha value is -2.82. The third-order valence-corrected chi connectivity index (χ3v) is 4.19. The van der Waals surface area contributed by atoms with E-state index in [0.29, 0.717) is 12.0 Å². The first-order valence-electron chi connectivity index (χ1n) is 8.13. The lowest BCUT2D eigenvalue weighted by Crippen LogP contribution is -2.33. The van der Waals surface area contributed by atoms with Crippen molar-refractivity contribution < 1.29 is 19.4 Å². The van der Waals surface area contributed by atoms with E-state index in [-0.39, 0.29) is 12.3 Å². The van der Waals surface area contributed by atoms with Gasteiger partial charge in [-0.3, -0.25) is 4.79 Å². The van der Waals surface area contributed by atoms with Crippen molar-refractivity contribution in [2.75, 3.05) is 7.11 Å². The molecule has 0 spiro atoms. The van der Waals surface area contributed by atoms with E-state index in [1.165, 1.54) is 0 Å². The molecule has 2 rings (SSSR count). The molecule has 2 aromatic rings. The van der Waals surface area contributed by atoms with Crippen molar-refractivity contribution >= 4 is 11.9 Å². The number of amides is 1. The van der Waals surface area contributed by atoms with Gasteiger partial charge in [0.15, 0.2) is 6.04 Å². The summed E-state index contributed by atoms with van der Waals surface area (Å²) in [7, 11) is 1.59. The maximum absolute atomic E-state index is 12.2. The number of nitrogens with one attached hydrogen (secondary N) is 1. The summed E-state index contributed by atoms with van der Waals surface area (Å²) < 4.78 is 5.16. The first kappa shape index (κ1) is 18.5. The van der Waals surface area contributed by atoms with E-state index in [4.69, 9.17) is 4.74 Å². The van der Waals surface area contributed by atoms with Crippen molar-refractivity contribution in [3.05, 3.63) is 64.7 Å². The predicted molar refractivity (Wildman–Crippen MR) is 95.8 cm³/mol. The highest BCUT2D eigenvalue weighted by atomic mass is 16.5. The fourth-order valence-corrected chi connectivity index (χ4v) is 2.55. The van der Waals surface area contributed by atoms with Crippen molar-refractivity contribution in [3.8, 4) is 5.75 Å². The third kappa shape index (κ3) is 5.08. The number of hydrogen-bond donors (Lipinski definition) is 2. The van der Waals surface area contributed by atoms with Gasteiger partial charge in [-0.2, -0.15) is 0 Å². The van der Waals surface area contributed by atoms with Crippen molar-refractivity contribution in [3.63, 3.8) is 0 Å². The molecule has 2 aromatic carbocycles. The molecule has 5 heteroatoms. The Balaban J connectivity index is 2.02. The smallest absolute Gasteiger partial charge is 0.330 e. The second kappa shape index (κ2) is 8.33. The van der Waals surface area contributed by atoms with Crippen LogP contribution in [0.3, 0.4) is 0 Å². The van der Waals surface area contributed by atoms with Crippen LogP contribution in [0.25, 0.3) is 0 Å². The Labute approximate surface area is 147 Å². The average molecular weight is 341 g/mol. The van der Waals surface area contributed by atoms with Gasteiger partial charge < -0.3 is 15.2 Å². The maximum atomic E-state index is 12.2. The topological polar surface area (TPSA) is 75.6 Å². The number of rotatable bonds is 7. The third-order valence-electron chi connectivity index (χ3n) is 4.19. The van der Waals surface area contributed by atoms with Gasteiger partial charge in [0.25, 0.3) is 0 Å². The summed E-state index contributed by atoms with van der Waals surface area (Å²) in [6.07, 6.45) is 0.726. The van der Waals surface area contributed by atoms with Crippen molar-refractivity contribution in [1.82, 2.24) is 5.32 Å².